The van der Waals surface area contributed by atoms with Crippen molar-refractivity contribution in [2.75, 3.05) is 6.54 Å². The molecule has 0 aliphatic carbocycles. The number of benzene rings is 1. The van der Waals surface area contributed by atoms with Gasteiger partial charge in [-0.2, -0.15) is 0 Å². The van der Waals surface area contributed by atoms with Crippen LogP contribution in [0.3, 0.4) is 0 Å². The van der Waals surface area contributed by atoms with E-state index in [2.05, 4.69) is 71.1 Å². The molecule has 0 aliphatic rings. The zero-order chi connectivity index (χ0) is 14.6. The van der Waals surface area contributed by atoms with Crippen molar-refractivity contribution in [1.29, 1.82) is 0 Å². The molecule has 0 aromatic heterocycles. The molecule has 0 radical (unpaired) electrons. The second kappa shape index (κ2) is 6.53. The number of rotatable bonds is 5. The molecule has 2 atom stereocenters. The van der Waals surface area contributed by atoms with Gasteiger partial charge in [0.15, 0.2) is 0 Å². The Hall–Kier alpha value is -0.860. The van der Waals surface area contributed by atoms with Gasteiger partial charge in [-0.25, -0.2) is 0 Å². The Bertz CT molecular complexity index is 375. The molecule has 1 aromatic rings. The Morgan fingerprint density at radius 3 is 2.00 bits per heavy atom. The molecule has 2 N–H and O–H groups in total. The van der Waals surface area contributed by atoms with E-state index < -0.39 is 6.10 Å². The van der Waals surface area contributed by atoms with Crippen LogP contribution in [0.1, 0.15) is 58.8 Å². The van der Waals surface area contributed by atoms with Gasteiger partial charge in [0, 0.05) is 6.04 Å². The standard InChI is InChI=1S/C17H29NO/c1-7-18-15(12(2)3)16(19)13-8-10-14(11-9-13)17(4,5)6/h8-12,15-16,18-19H,7H2,1-6H3. The molecule has 2 heteroatoms. The highest BCUT2D eigenvalue weighted by Gasteiger charge is 2.23. The van der Waals surface area contributed by atoms with E-state index in [9.17, 15) is 5.11 Å². The van der Waals surface area contributed by atoms with Crippen molar-refractivity contribution in [3.63, 3.8) is 0 Å². The highest BCUT2D eigenvalue weighted by Crippen LogP contribution is 2.26. The molecule has 0 saturated heterocycles. The van der Waals surface area contributed by atoms with Crippen LogP contribution in [0.15, 0.2) is 24.3 Å². The minimum atomic E-state index is -0.450. The first-order valence-electron chi connectivity index (χ1n) is 7.29. The van der Waals surface area contributed by atoms with Crippen LogP contribution >= 0.6 is 0 Å². The van der Waals surface area contributed by atoms with Crippen LogP contribution in [0.25, 0.3) is 0 Å². The topological polar surface area (TPSA) is 32.3 Å². The SMILES string of the molecule is CCNC(C(C)C)C(O)c1ccc(C(C)(C)C)cc1. The van der Waals surface area contributed by atoms with Crippen LogP contribution in [0.2, 0.25) is 0 Å². The summed E-state index contributed by atoms with van der Waals surface area (Å²) in [6, 6.07) is 8.46. The maximum atomic E-state index is 10.5. The van der Waals surface area contributed by atoms with Crippen LogP contribution in [-0.4, -0.2) is 17.7 Å². The van der Waals surface area contributed by atoms with Gasteiger partial charge >= 0.3 is 0 Å². The van der Waals surface area contributed by atoms with E-state index in [0.717, 1.165) is 12.1 Å². The lowest BCUT2D eigenvalue weighted by molar-refractivity contribution is 0.106. The summed E-state index contributed by atoms with van der Waals surface area (Å²) >= 11 is 0. The molecule has 2 unspecified atom stereocenters. The summed E-state index contributed by atoms with van der Waals surface area (Å²) in [5.41, 5.74) is 2.45. The van der Waals surface area contributed by atoms with Crippen molar-refractivity contribution in [1.82, 2.24) is 5.32 Å². The maximum absolute atomic E-state index is 10.5. The smallest absolute Gasteiger partial charge is 0.0945 e. The third-order valence-corrected chi connectivity index (χ3v) is 3.62. The van der Waals surface area contributed by atoms with E-state index in [0.29, 0.717) is 5.92 Å². The normalized spacial score (nSPS) is 15.6. The molecule has 19 heavy (non-hydrogen) atoms. The van der Waals surface area contributed by atoms with Crippen LogP contribution in [0.5, 0.6) is 0 Å². The fourth-order valence-electron chi connectivity index (χ4n) is 2.34. The molecule has 1 rings (SSSR count). The molecule has 1 aromatic carbocycles. The summed E-state index contributed by atoms with van der Waals surface area (Å²) in [5, 5.41) is 13.9. The Kier molecular flexibility index (Phi) is 5.57. The predicted molar refractivity (Wildman–Crippen MR) is 82.4 cm³/mol. The summed E-state index contributed by atoms with van der Waals surface area (Å²) in [7, 11) is 0. The Morgan fingerprint density at radius 2 is 1.63 bits per heavy atom. The summed E-state index contributed by atoms with van der Waals surface area (Å²) in [4.78, 5) is 0. The molecule has 0 aliphatic heterocycles. The average Bonchev–Trinajstić information content (AvgIpc) is 2.34. The quantitative estimate of drug-likeness (QED) is 0.850. The van der Waals surface area contributed by atoms with Crippen LogP contribution < -0.4 is 5.32 Å². The molecular weight excluding hydrogens is 234 g/mol. The Balaban J connectivity index is 2.90. The Morgan fingerprint density at radius 1 is 1.11 bits per heavy atom. The average molecular weight is 263 g/mol. The number of likely N-dealkylation sites (N-methyl/N-ethyl adjacent to an activating group) is 1. The number of aliphatic hydroxyl groups is 1. The van der Waals surface area contributed by atoms with E-state index in [4.69, 9.17) is 0 Å². The van der Waals surface area contributed by atoms with Gasteiger partial charge < -0.3 is 10.4 Å². The van der Waals surface area contributed by atoms with Gasteiger partial charge in [0.25, 0.3) is 0 Å². The van der Waals surface area contributed by atoms with Crippen LogP contribution in [0, 0.1) is 5.92 Å². The largest absolute Gasteiger partial charge is 0.387 e. The van der Waals surface area contributed by atoms with Gasteiger partial charge in [0.1, 0.15) is 0 Å². The number of nitrogens with one attached hydrogen (secondary N) is 1. The van der Waals surface area contributed by atoms with Gasteiger partial charge in [-0.05, 0) is 29.0 Å². The van der Waals surface area contributed by atoms with Crippen molar-refractivity contribution in [2.45, 2.75) is 59.1 Å². The van der Waals surface area contributed by atoms with Crippen molar-refractivity contribution in [2.24, 2.45) is 5.92 Å². The first-order chi connectivity index (χ1) is 8.77. The van der Waals surface area contributed by atoms with Crippen LogP contribution in [-0.2, 0) is 5.41 Å². The van der Waals surface area contributed by atoms with Gasteiger partial charge in [-0.15, -0.1) is 0 Å². The fraction of sp³-hybridized carbons (Fsp3) is 0.647. The van der Waals surface area contributed by atoms with E-state index in [1.54, 1.807) is 0 Å². The van der Waals surface area contributed by atoms with E-state index in [1.165, 1.54) is 5.56 Å². The summed E-state index contributed by atoms with van der Waals surface area (Å²) in [5.74, 6) is 0.400. The monoisotopic (exact) mass is 263 g/mol. The maximum Gasteiger partial charge on any atom is 0.0945 e. The predicted octanol–water partition coefficient (Wildman–Crippen LogP) is 3.65. The first-order valence-corrected chi connectivity index (χ1v) is 7.29. The van der Waals surface area contributed by atoms with E-state index in [-0.39, 0.29) is 11.5 Å². The minimum absolute atomic E-state index is 0.102. The summed E-state index contributed by atoms with van der Waals surface area (Å²) < 4.78 is 0. The van der Waals surface area contributed by atoms with E-state index in [1.807, 2.05) is 0 Å². The second-order valence-electron chi connectivity index (χ2n) is 6.64. The number of hydrogen-bond donors (Lipinski definition) is 2. The molecule has 0 bridgehead atoms. The van der Waals surface area contributed by atoms with Gasteiger partial charge in [0.2, 0.25) is 0 Å². The van der Waals surface area contributed by atoms with E-state index >= 15 is 0 Å². The number of aliphatic hydroxyl groups excluding tert-OH is 1. The molecule has 0 amide bonds. The highest BCUT2D eigenvalue weighted by atomic mass is 16.3. The van der Waals surface area contributed by atoms with Gasteiger partial charge in [0.05, 0.1) is 6.10 Å². The number of hydrogen-bond acceptors (Lipinski definition) is 2. The first kappa shape index (κ1) is 16.2. The van der Waals surface area contributed by atoms with Crippen molar-refractivity contribution < 1.29 is 5.11 Å². The van der Waals surface area contributed by atoms with Crippen molar-refractivity contribution in [3.05, 3.63) is 35.4 Å². The molecule has 108 valence electrons. The molecule has 0 saturated carbocycles. The molecule has 0 heterocycles. The van der Waals surface area contributed by atoms with Gasteiger partial charge in [-0.1, -0.05) is 65.8 Å². The summed E-state index contributed by atoms with van der Waals surface area (Å²) in [6.45, 7) is 13.8. The van der Waals surface area contributed by atoms with Crippen molar-refractivity contribution in [3.8, 4) is 0 Å². The third kappa shape index (κ3) is 4.32. The molecule has 2 nitrogen and oxygen atoms in total. The lowest BCUT2D eigenvalue weighted by atomic mass is 9.85. The van der Waals surface area contributed by atoms with Gasteiger partial charge in [-0.3, -0.25) is 0 Å². The second-order valence-corrected chi connectivity index (χ2v) is 6.64. The minimum Gasteiger partial charge on any atom is -0.387 e. The zero-order valence-electron chi connectivity index (χ0n) is 13.2. The van der Waals surface area contributed by atoms with Crippen LogP contribution in [0.4, 0.5) is 0 Å². The zero-order valence-corrected chi connectivity index (χ0v) is 13.2. The lowest BCUT2D eigenvalue weighted by Crippen LogP contribution is -2.39. The Labute approximate surface area is 118 Å². The third-order valence-electron chi connectivity index (χ3n) is 3.62. The fourth-order valence-corrected chi connectivity index (χ4v) is 2.34. The lowest BCUT2D eigenvalue weighted by Gasteiger charge is -2.28. The highest BCUT2D eigenvalue weighted by molar-refractivity contribution is 5.29. The van der Waals surface area contributed by atoms with Crippen molar-refractivity contribution >= 4 is 0 Å². The summed E-state index contributed by atoms with van der Waals surface area (Å²) in [6.07, 6.45) is -0.450. The molecule has 0 fully saturated rings. The molecule has 0 spiro atoms. The molecular formula is C17H29NO.